The van der Waals surface area contributed by atoms with Crippen LogP contribution in [0.15, 0.2) is 22.7 Å². The summed E-state index contributed by atoms with van der Waals surface area (Å²) in [6, 6.07) is 5.38. The Morgan fingerprint density at radius 2 is 1.95 bits per heavy atom. The summed E-state index contributed by atoms with van der Waals surface area (Å²) in [7, 11) is 0. The highest BCUT2D eigenvalue weighted by Gasteiger charge is 2.22. The van der Waals surface area contributed by atoms with E-state index < -0.39 is 11.8 Å². The second-order valence-corrected chi connectivity index (χ2v) is 5.47. The average molecular weight is 341 g/mol. The highest BCUT2D eigenvalue weighted by Crippen LogP contribution is 2.24. The van der Waals surface area contributed by atoms with Crippen molar-refractivity contribution in [2.75, 3.05) is 11.4 Å². The monoisotopic (exact) mass is 340 g/mol. The van der Waals surface area contributed by atoms with Gasteiger partial charge in [-0.25, -0.2) is 0 Å². The van der Waals surface area contributed by atoms with E-state index in [1.807, 2.05) is 13.0 Å². The first-order valence-corrected chi connectivity index (χ1v) is 6.99. The number of hydrogen-bond donors (Lipinski definition) is 1. The summed E-state index contributed by atoms with van der Waals surface area (Å²) in [4.78, 5) is 35.4. The third kappa shape index (κ3) is 4.45. The fourth-order valence-electron chi connectivity index (χ4n) is 1.87. The fourth-order valence-corrected chi connectivity index (χ4v) is 2.35. The Morgan fingerprint density at radius 1 is 1.30 bits per heavy atom. The summed E-state index contributed by atoms with van der Waals surface area (Å²) >= 11 is 3.34. The minimum atomic E-state index is -1.00. The Bertz CT molecular complexity index is 543. The number of nitrogens with zero attached hydrogens (tertiary/aromatic N) is 1. The van der Waals surface area contributed by atoms with E-state index in [2.05, 4.69) is 15.9 Å². The number of halogens is 1. The van der Waals surface area contributed by atoms with Gasteiger partial charge in [-0.3, -0.25) is 9.59 Å². The fraction of sp³-hybridized carbons (Fsp3) is 0.357. The van der Waals surface area contributed by atoms with Crippen LogP contribution in [0.25, 0.3) is 0 Å². The minimum Gasteiger partial charge on any atom is -0.361 e. The number of rotatable bonds is 5. The van der Waals surface area contributed by atoms with Crippen LogP contribution in [0.5, 0.6) is 0 Å². The van der Waals surface area contributed by atoms with E-state index in [-0.39, 0.29) is 12.3 Å². The Hall–Kier alpha value is -1.69. The van der Waals surface area contributed by atoms with Crippen LogP contribution in [-0.4, -0.2) is 24.1 Å². The number of anilines is 1. The smallest absolute Gasteiger partial charge is 0.316 e. The first-order chi connectivity index (χ1) is 9.32. The van der Waals surface area contributed by atoms with Crippen LogP contribution in [0.2, 0.25) is 0 Å². The van der Waals surface area contributed by atoms with E-state index in [4.69, 9.17) is 5.73 Å². The normalized spacial score (nSPS) is 10.2. The molecule has 0 spiro atoms. The van der Waals surface area contributed by atoms with Crippen molar-refractivity contribution in [2.45, 2.75) is 26.7 Å². The first kappa shape index (κ1) is 16.4. The van der Waals surface area contributed by atoms with E-state index in [0.29, 0.717) is 18.5 Å². The van der Waals surface area contributed by atoms with Gasteiger partial charge in [-0.05, 0) is 44.0 Å². The zero-order chi connectivity index (χ0) is 15.3. The quantitative estimate of drug-likeness (QED) is 0.831. The maximum atomic E-state index is 11.9. The van der Waals surface area contributed by atoms with E-state index in [1.54, 1.807) is 12.1 Å². The van der Waals surface area contributed by atoms with Gasteiger partial charge in [-0.2, -0.15) is 0 Å². The molecule has 2 amide bonds. The summed E-state index contributed by atoms with van der Waals surface area (Å²) in [5, 5.41) is 0. The first-order valence-electron chi connectivity index (χ1n) is 6.20. The lowest BCUT2D eigenvalue weighted by atomic mass is 10.1. The molecule has 0 atom stereocenters. The van der Waals surface area contributed by atoms with Gasteiger partial charge in [-0.15, -0.1) is 0 Å². The summed E-state index contributed by atoms with van der Waals surface area (Å²) < 4.78 is 0.883. The molecule has 0 radical (unpaired) electrons. The largest absolute Gasteiger partial charge is 0.361 e. The molecule has 0 fully saturated rings. The lowest BCUT2D eigenvalue weighted by Gasteiger charge is -2.23. The van der Waals surface area contributed by atoms with Gasteiger partial charge in [-0.1, -0.05) is 15.9 Å². The lowest BCUT2D eigenvalue weighted by molar-refractivity contribution is -0.135. The van der Waals surface area contributed by atoms with E-state index >= 15 is 0 Å². The maximum Gasteiger partial charge on any atom is 0.316 e. The van der Waals surface area contributed by atoms with Crippen molar-refractivity contribution >= 4 is 39.2 Å². The average Bonchev–Trinajstić information content (AvgIpc) is 2.34. The Balaban J connectivity index is 3.00. The number of benzene rings is 1. The van der Waals surface area contributed by atoms with Gasteiger partial charge in [0, 0.05) is 23.1 Å². The van der Waals surface area contributed by atoms with Crippen molar-refractivity contribution in [2.24, 2.45) is 5.73 Å². The van der Waals surface area contributed by atoms with Crippen LogP contribution < -0.4 is 10.6 Å². The molecule has 0 aromatic heterocycles. The molecule has 5 nitrogen and oxygen atoms in total. The molecule has 0 bridgehead atoms. The van der Waals surface area contributed by atoms with Crippen molar-refractivity contribution in [3.05, 3.63) is 28.2 Å². The number of hydrogen-bond acceptors (Lipinski definition) is 3. The molecule has 0 aliphatic heterocycles. The summed E-state index contributed by atoms with van der Waals surface area (Å²) in [5.41, 5.74) is 6.55. The van der Waals surface area contributed by atoms with Gasteiger partial charge < -0.3 is 15.4 Å². The second-order valence-electron chi connectivity index (χ2n) is 4.56. The Labute approximate surface area is 126 Å². The molecular formula is C14H17BrN2O3. The summed E-state index contributed by atoms with van der Waals surface area (Å²) in [5.74, 6) is -1.72. The van der Waals surface area contributed by atoms with Gasteiger partial charge in [0.25, 0.3) is 0 Å². The molecule has 108 valence electrons. The number of carbonyl (C=O) groups is 3. The number of nitrogens with two attached hydrogens (primary N) is 1. The molecule has 0 saturated heterocycles. The second kappa shape index (κ2) is 7.19. The van der Waals surface area contributed by atoms with Crippen LogP contribution in [0.4, 0.5) is 5.69 Å². The minimum absolute atomic E-state index is 0.0454. The van der Waals surface area contributed by atoms with Gasteiger partial charge >= 0.3 is 11.8 Å². The zero-order valence-electron chi connectivity index (χ0n) is 11.5. The molecule has 1 aromatic rings. The molecule has 0 heterocycles. The van der Waals surface area contributed by atoms with Crippen molar-refractivity contribution in [1.29, 1.82) is 0 Å². The highest BCUT2D eigenvalue weighted by atomic mass is 79.9. The van der Waals surface area contributed by atoms with Gasteiger partial charge in [0.2, 0.25) is 0 Å². The number of Topliss-reactive ketones (excluding diaryl/α,β-unsaturated/α-hetero) is 1. The van der Waals surface area contributed by atoms with Crippen LogP contribution >= 0.6 is 15.9 Å². The van der Waals surface area contributed by atoms with Crippen LogP contribution in [0.3, 0.4) is 0 Å². The predicted octanol–water partition coefficient (Wildman–Crippen LogP) is 1.95. The molecule has 1 aromatic carbocycles. The van der Waals surface area contributed by atoms with Crippen molar-refractivity contribution in [1.82, 2.24) is 0 Å². The molecule has 0 saturated carbocycles. The Kier molecular flexibility index (Phi) is 5.88. The maximum absolute atomic E-state index is 11.9. The zero-order valence-corrected chi connectivity index (χ0v) is 13.1. The molecule has 0 aliphatic carbocycles. The number of carbonyl (C=O) groups excluding carboxylic acids is 3. The molecule has 0 aliphatic rings. The number of amides is 2. The van der Waals surface area contributed by atoms with Crippen LogP contribution in [0, 0.1) is 6.92 Å². The standard InChI is InChI=1S/C14H17BrN2O3/c1-9-8-11(15)5-6-12(9)17(14(20)13(16)19)7-3-4-10(2)18/h5-6,8H,3-4,7H2,1-2H3,(H2,16,19). The van der Waals surface area contributed by atoms with E-state index in [0.717, 1.165) is 10.0 Å². The molecule has 20 heavy (non-hydrogen) atoms. The number of ketones is 1. The van der Waals surface area contributed by atoms with Crippen LogP contribution in [0.1, 0.15) is 25.3 Å². The van der Waals surface area contributed by atoms with Crippen LogP contribution in [-0.2, 0) is 14.4 Å². The molecule has 1 rings (SSSR count). The molecule has 0 unspecified atom stereocenters. The number of primary amides is 1. The van der Waals surface area contributed by atoms with E-state index in [9.17, 15) is 14.4 Å². The van der Waals surface area contributed by atoms with E-state index in [1.165, 1.54) is 11.8 Å². The SMILES string of the molecule is CC(=O)CCCN(C(=O)C(N)=O)c1ccc(Br)cc1C. The molecule has 6 heteroatoms. The lowest BCUT2D eigenvalue weighted by Crippen LogP contribution is -2.41. The number of aryl methyl sites for hydroxylation is 1. The Morgan fingerprint density at radius 3 is 2.45 bits per heavy atom. The third-order valence-electron chi connectivity index (χ3n) is 2.82. The van der Waals surface area contributed by atoms with Gasteiger partial charge in [0.15, 0.2) is 0 Å². The topological polar surface area (TPSA) is 80.5 Å². The summed E-state index contributed by atoms with van der Waals surface area (Å²) in [6.07, 6.45) is 0.849. The van der Waals surface area contributed by atoms with Gasteiger partial charge in [0.05, 0.1) is 0 Å². The molecular weight excluding hydrogens is 324 g/mol. The molecule has 2 N–H and O–H groups in total. The third-order valence-corrected chi connectivity index (χ3v) is 3.31. The predicted molar refractivity (Wildman–Crippen MR) is 80.3 cm³/mol. The van der Waals surface area contributed by atoms with Crippen molar-refractivity contribution in [3.63, 3.8) is 0 Å². The van der Waals surface area contributed by atoms with Gasteiger partial charge in [0.1, 0.15) is 5.78 Å². The highest BCUT2D eigenvalue weighted by molar-refractivity contribution is 9.10. The van der Waals surface area contributed by atoms with Crippen molar-refractivity contribution in [3.8, 4) is 0 Å². The summed E-state index contributed by atoms with van der Waals surface area (Å²) in [6.45, 7) is 3.61. The van der Waals surface area contributed by atoms with Crippen molar-refractivity contribution < 1.29 is 14.4 Å².